The first-order chi connectivity index (χ1) is 16.7. The van der Waals surface area contributed by atoms with Crippen LogP contribution in [0, 0.1) is 5.41 Å². The molecule has 5 heteroatoms. The fourth-order valence-corrected chi connectivity index (χ4v) is 4.71. The summed E-state index contributed by atoms with van der Waals surface area (Å²) in [5, 5.41) is 3.26. The van der Waals surface area contributed by atoms with Crippen molar-refractivity contribution in [1.82, 2.24) is 4.90 Å². The van der Waals surface area contributed by atoms with Crippen LogP contribution >= 0.6 is 0 Å². The molecule has 204 valence electrons. The van der Waals surface area contributed by atoms with Crippen LogP contribution in [-0.2, 0) is 0 Å². The average Bonchev–Trinajstić information content (AvgIpc) is 2.81. The van der Waals surface area contributed by atoms with Crippen molar-refractivity contribution in [2.45, 2.75) is 125 Å². The quantitative estimate of drug-likeness (QED) is 0.140. The van der Waals surface area contributed by atoms with Crippen LogP contribution in [0.1, 0.15) is 125 Å². The van der Waals surface area contributed by atoms with Gasteiger partial charge in [-0.3, -0.25) is 9.59 Å². The maximum atomic E-state index is 12.3. The van der Waals surface area contributed by atoms with E-state index in [-0.39, 0.29) is 16.3 Å². The molecular weight excluding hydrogens is 434 g/mol. The standard InChI is InChI=1S/C30H57N3O2/c1-7-9-11-13-15-17-22-33(23-18-16-14-12-10-8-2)25-24-32(6)27-26(28(34)29(27)35)31-21-19-20-30(3,4)5/h31H,7-25H2,1-6H3. The van der Waals surface area contributed by atoms with Crippen molar-refractivity contribution in [2.75, 3.05) is 50.0 Å². The summed E-state index contributed by atoms with van der Waals surface area (Å²) in [4.78, 5) is 29.1. The summed E-state index contributed by atoms with van der Waals surface area (Å²) in [5.74, 6) is 0. The summed E-state index contributed by atoms with van der Waals surface area (Å²) >= 11 is 0. The van der Waals surface area contributed by atoms with E-state index in [1.54, 1.807) is 0 Å². The highest BCUT2D eigenvalue weighted by molar-refractivity contribution is 5.74. The topological polar surface area (TPSA) is 52.6 Å². The molecule has 1 aromatic rings. The third-order valence-corrected chi connectivity index (χ3v) is 7.08. The van der Waals surface area contributed by atoms with Gasteiger partial charge in [0.1, 0.15) is 11.4 Å². The smallest absolute Gasteiger partial charge is 0.253 e. The Hall–Kier alpha value is -1.36. The molecular formula is C30H57N3O2. The lowest BCUT2D eigenvalue weighted by Gasteiger charge is -2.28. The first-order valence-electron chi connectivity index (χ1n) is 14.7. The van der Waals surface area contributed by atoms with E-state index in [1.807, 2.05) is 11.9 Å². The molecule has 0 fully saturated rings. The second-order valence-electron chi connectivity index (χ2n) is 11.8. The van der Waals surface area contributed by atoms with Crippen molar-refractivity contribution in [2.24, 2.45) is 5.41 Å². The van der Waals surface area contributed by atoms with E-state index in [2.05, 4.69) is 44.8 Å². The van der Waals surface area contributed by atoms with Gasteiger partial charge in [0.25, 0.3) is 10.9 Å². The molecule has 0 amide bonds. The van der Waals surface area contributed by atoms with Gasteiger partial charge in [-0.1, -0.05) is 98.8 Å². The molecule has 0 aliphatic rings. The number of nitrogens with one attached hydrogen (secondary N) is 1. The molecule has 0 saturated carbocycles. The molecule has 1 aromatic carbocycles. The van der Waals surface area contributed by atoms with E-state index >= 15 is 0 Å². The van der Waals surface area contributed by atoms with Crippen LogP contribution in [0.5, 0.6) is 0 Å². The number of rotatable bonds is 22. The van der Waals surface area contributed by atoms with Crippen molar-refractivity contribution in [1.29, 1.82) is 0 Å². The van der Waals surface area contributed by atoms with Crippen LogP contribution in [0.2, 0.25) is 0 Å². The van der Waals surface area contributed by atoms with E-state index < -0.39 is 0 Å². The first-order valence-corrected chi connectivity index (χ1v) is 14.7. The van der Waals surface area contributed by atoms with Crippen molar-refractivity contribution in [3.05, 3.63) is 20.4 Å². The van der Waals surface area contributed by atoms with Gasteiger partial charge in [0.2, 0.25) is 0 Å². The molecule has 0 aromatic heterocycles. The normalized spacial score (nSPS) is 12.1. The van der Waals surface area contributed by atoms with Crippen molar-refractivity contribution in [3.63, 3.8) is 0 Å². The zero-order valence-corrected chi connectivity index (χ0v) is 24.1. The molecule has 0 saturated heterocycles. The lowest BCUT2D eigenvalue weighted by atomic mass is 9.90. The number of hydrogen-bond acceptors (Lipinski definition) is 5. The van der Waals surface area contributed by atoms with Crippen LogP contribution in [-0.4, -0.2) is 44.7 Å². The fourth-order valence-electron chi connectivity index (χ4n) is 4.71. The molecule has 35 heavy (non-hydrogen) atoms. The Balaban J connectivity index is 2.54. The van der Waals surface area contributed by atoms with E-state index in [9.17, 15) is 9.59 Å². The molecule has 0 spiro atoms. The second-order valence-corrected chi connectivity index (χ2v) is 11.8. The lowest BCUT2D eigenvalue weighted by molar-refractivity contribution is 0.266. The van der Waals surface area contributed by atoms with Crippen LogP contribution in [0.15, 0.2) is 9.59 Å². The predicted molar refractivity (Wildman–Crippen MR) is 155 cm³/mol. The minimum Gasteiger partial charge on any atom is -0.380 e. The van der Waals surface area contributed by atoms with E-state index in [0.29, 0.717) is 11.4 Å². The molecule has 0 radical (unpaired) electrons. The Kier molecular flexibility index (Phi) is 16.3. The number of hydrogen-bond donors (Lipinski definition) is 1. The molecule has 0 bridgehead atoms. The SMILES string of the molecule is CCCCCCCCN(CCCCCCCC)CCN(C)c1c(NCCCC(C)(C)C)c(=O)c1=O. The van der Waals surface area contributed by atoms with Crippen LogP contribution in [0.25, 0.3) is 0 Å². The molecule has 0 unspecified atom stereocenters. The molecule has 0 aliphatic carbocycles. The molecule has 0 atom stereocenters. The molecule has 0 aliphatic heterocycles. The Morgan fingerprint density at radius 1 is 0.657 bits per heavy atom. The van der Waals surface area contributed by atoms with Crippen LogP contribution in [0.4, 0.5) is 11.4 Å². The summed E-state index contributed by atoms with van der Waals surface area (Å²) in [5.41, 5.74) is 0.724. The third kappa shape index (κ3) is 13.5. The lowest BCUT2D eigenvalue weighted by Crippen LogP contribution is -2.44. The summed E-state index contributed by atoms with van der Waals surface area (Å²) in [6, 6.07) is 0. The van der Waals surface area contributed by atoms with Crippen molar-refractivity contribution in [3.8, 4) is 0 Å². The van der Waals surface area contributed by atoms with Gasteiger partial charge in [-0.15, -0.1) is 0 Å². The highest BCUT2D eigenvalue weighted by atomic mass is 16.2. The summed E-state index contributed by atoms with van der Waals surface area (Å²) in [7, 11) is 1.96. The maximum Gasteiger partial charge on any atom is 0.253 e. The van der Waals surface area contributed by atoms with Crippen molar-refractivity contribution >= 4 is 11.4 Å². The Bertz CT molecular complexity index is 715. The van der Waals surface area contributed by atoms with Gasteiger partial charge in [0.05, 0.1) is 0 Å². The number of nitrogens with zero attached hydrogens (tertiary/aromatic N) is 2. The summed E-state index contributed by atoms with van der Waals surface area (Å²) in [6.07, 6.45) is 17.9. The van der Waals surface area contributed by atoms with Crippen LogP contribution < -0.4 is 21.1 Å². The Morgan fingerprint density at radius 3 is 1.69 bits per heavy atom. The fraction of sp³-hybridized carbons (Fsp3) is 0.867. The minimum atomic E-state index is -0.348. The van der Waals surface area contributed by atoms with Crippen LogP contribution in [0.3, 0.4) is 0 Å². The second kappa shape index (κ2) is 18.0. The molecule has 1 N–H and O–H groups in total. The van der Waals surface area contributed by atoms with Gasteiger partial charge in [-0.25, -0.2) is 0 Å². The number of likely N-dealkylation sites (N-methyl/N-ethyl adjacent to an activating group) is 1. The molecule has 1 rings (SSSR count). The van der Waals surface area contributed by atoms with Crippen molar-refractivity contribution < 1.29 is 0 Å². The van der Waals surface area contributed by atoms with E-state index in [1.165, 1.54) is 77.0 Å². The highest BCUT2D eigenvalue weighted by Crippen LogP contribution is 2.22. The third-order valence-electron chi connectivity index (χ3n) is 7.08. The molecule has 5 nitrogen and oxygen atoms in total. The predicted octanol–water partition coefficient (Wildman–Crippen LogP) is 6.98. The average molecular weight is 492 g/mol. The van der Waals surface area contributed by atoms with Gasteiger partial charge >= 0.3 is 0 Å². The van der Waals surface area contributed by atoms with E-state index in [4.69, 9.17) is 0 Å². The molecule has 0 heterocycles. The first kappa shape index (κ1) is 31.7. The van der Waals surface area contributed by atoms with Gasteiger partial charge < -0.3 is 15.1 Å². The summed E-state index contributed by atoms with van der Waals surface area (Å²) in [6.45, 7) is 16.0. The maximum absolute atomic E-state index is 12.3. The van der Waals surface area contributed by atoms with Gasteiger partial charge in [-0.2, -0.15) is 0 Å². The van der Waals surface area contributed by atoms with Gasteiger partial charge in [-0.05, 0) is 44.2 Å². The largest absolute Gasteiger partial charge is 0.380 e. The zero-order valence-electron chi connectivity index (χ0n) is 24.1. The van der Waals surface area contributed by atoms with Gasteiger partial charge in [0, 0.05) is 26.7 Å². The monoisotopic (exact) mass is 491 g/mol. The Labute approximate surface area is 216 Å². The van der Waals surface area contributed by atoms with Gasteiger partial charge in [0.15, 0.2) is 0 Å². The number of anilines is 2. The number of unbranched alkanes of at least 4 members (excludes halogenated alkanes) is 10. The van der Waals surface area contributed by atoms with E-state index in [0.717, 1.165) is 45.6 Å². The zero-order chi connectivity index (χ0) is 26.1. The Morgan fingerprint density at radius 2 is 1.17 bits per heavy atom. The highest BCUT2D eigenvalue weighted by Gasteiger charge is 2.24. The summed E-state index contributed by atoms with van der Waals surface area (Å²) < 4.78 is 0. The minimum absolute atomic E-state index is 0.282.